The highest BCUT2D eigenvalue weighted by Gasteiger charge is 2.35. The predicted molar refractivity (Wildman–Crippen MR) is 115 cm³/mol. The maximum Gasteiger partial charge on any atom is 0.573 e. The van der Waals surface area contributed by atoms with Gasteiger partial charge in [-0.3, -0.25) is 14.9 Å². The number of thiazole rings is 1. The van der Waals surface area contributed by atoms with E-state index in [0.29, 0.717) is 5.82 Å². The van der Waals surface area contributed by atoms with Gasteiger partial charge in [-0.15, -0.1) is 24.5 Å². The molecule has 2 aromatic heterocycles. The smallest absolute Gasteiger partial charge is 0.481 e. The number of carbonyl (C=O) groups excluding carboxylic acids is 1. The molecule has 0 unspecified atom stereocenters. The molecule has 178 valence electrons. The van der Waals surface area contributed by atoms with E-state index in [4.69, 9.17) is 16.7 Å². The second-order valence-electron chi connectivity index (χ2n) is 7.13. The Morgan fingerprint density at radius 3 is 2.68 bits per heavy atom. The molecule has 1 aliphatic heterocycles. The third-order valence-electron chi connectivity index (χ3n) is 4.80. The lowest BCUT2D eigenvalue weighted by Crippen LogP contribution is -2.50. The number of carboxylic acids is 1. The lowest BCUT2D eigenvalue weighted by Gasteiger charge is -2.38. The zero-order valence-corrected chi connectivity index (χ0v) is 18.3. The molecular weight excluding hydrogens is 504 g/mol. The van der Waals surface area contributed by atoms with Gasteiger partial charge in [-0.05, 0) is 18.2 Å². The summed E-state index contributed by atoms with van der Waals surface area (Å²) in [5.74, 6) is -3.93. The quantitative estimate of drug-likeness (QED) is 0.459. The van der Waals surface area contributed by atoms with Crippen LogP contribution in [-0.2, 0) is 4.79 Å². The third kappa shape index (κ3) is 5.04. The summed E-state index contributed by atoms with van der Waals surface area (Å²) >= 11 is 7.13. The van der Waals surface area contributed by atoms with Crippen molar-refractivity contribution in [1.29, 1.82) is 0 Å². The summed E-state index contributed by atoms with van der Waals surface area (Å²) in [4.78, 5) is 33.3. The monoisotopic (exact) mass is 516 g/mol. The van der Waals surface area contributed by atoms with Crippen molar-refractivity contribution in [3.8, 4) is 17.0 Å². The van der Waals surface area contributed by atoms with Crippen molar-refractivity contribution in [2.45, 2.75) is 6.36 Å². The van der Waals surface area contributed by atoms with Gasteiger partial charge in [-0.2, -0.15) is 0 Å². The Bertz CT molecular complexity index is 1260. The van der Waals surface area contributed by atoms with Gasteiger partial charge in [-0.1, -0.05) is 17.7 Å². The molecule has 4 rings (SSSR count). The fourth-order valence-corrected chi connectivity index (χ4v) is 4.12. The minimum Gasteiger partial charge on any atom is -0.481 e. The average Bonchev–Trinajstić information content (AvgIpc) is 3.16. The van der Waals surface area contributed by atoms with Crippen LogP contribution in [0.2, 0.25) is 5.02 Å². The van der Waals surface area contributed by atoms with Gasteiger partial charge < -0.3 is 14.7 Å². The summed E-state index contributed by atoms with van der Waals surface area (Å²) in [5.41, 5.74) is -0.142. The molecule has 0 radical (unpaired) electrons. The summed E-state index contributed by atoms with van der Waals surface area (Å²) in [6, 6.07) is 4.61. The lowest BCUT2D eigenvalue weighted by atomic mass is 10.0. The highest BCUT2D eigenvalue weighted by molar-refractivity contribution is 7.14. The maximum atomic E-state index is 14.5. The topological polar surface area (TPSA) is 105 Å². The minimum atomic E-state index is -5.06. The molecule has 1 saturated heterocycles. The summed E-state index contributed by atoms with van der Waals surface area (Å²) in [7, 11) is 0. The molecule has 3 heterocycles. The van der Waals surface area contributed by atoms with E-state index in [0.717, 1.165) is 17.4 Å². The highest BCUT2D eigenvalue weighted by atomic mass is 35.5. The summed E-state index contributed by atoms with van der Waals surface area (Å²) < 4.78 is 55.5. The Balaban J connectivity index is 1.46. The Labute approximate surface area is 197 Å². The van der Waals surface area contributed by atoms with Gasteiger partial charge in [0.05, 0.1) is 22.2 Å². The van der Waals surface area contributed by atoms with Crippen LogP contribution in [0.5, 0.6) is 5.75 Å². The molecule has 14 heteroatoms. The molecule has 1 aliphatic rings. The van der Waals surface area contributed by atoms with Crippen molar-refractivity contribution in [2.24, 2.45) is 5.92 Å². The minimum absolute atomic E-state index is 0.00250. The fourth-order valence-electron chi connectivity index (χ4n) is 3.13. The van der Waals surface area contributed by atoms with Gasteiger partial charge in [0.25, 0.3) is 5.91 Å². The first-order valence-electron chi connectivity index (χ1n) is 9.46. The molecule has 0 atom stereocenters. The van der Waals surface area contributed by atoms with Crippen LogP contribution < -0.4 is 15.0 Å². The number of nitrogens with zero attached hydrogens (tertiary/aromatic N) is 3. The highest BCUT2D eigenvalue weighted by Crippen LogP contribution is 2.34. The van der Waals surface area contributed by atoms with Gasteiger partial charge in [0.2, 0.25) is 0 Å². The number of halogens is 5. The normalized spacial score (nSPS) is 14.0. The van der Waals surface area contributed by atoms with E-state index in [-0.39, 0.29) is 40.1 Å². The number of amides is 1. The van der Waals surface area contributed by atoms with Crippen LogP contribution in [0.1, 0.15) is 10.4 Å². The van der Waals surface area contributed by atoms with E-state index in [9.17, 15) is 27.2 Å². The van der Waals surface area contributed by atoms with Gasteiger partial charge in [-0.25, -0.2) is 14.4 Å². The molecule has 1 amide bonds. The summed E-state index contributed by atoms with van der Waals surface area (Å²) in [6.07, 6.45) is -3.80. The zero-order chi connectivity index (χ0) is 24.6. The number of alkyl halides is 3. The van der Waals surface area contributed by atoms with Crippen molar-refractivity contribution in [2.75, 3.05) is 23.3 Å². The number of rotatable bonds is 6. The second-order valence-corrected chi connectivity index (χ2v) is 8.39. The van der Waals surface area contributed by atoms with Crippen LogP contribution in [0.15, 0.2) is 35.8 Å². The van der Waals surface area contributed by atoms with Crippen molar-refractivity contribution in [1.82, 2.24) is 9.97 Å². The molecular formula is C20H13ClF4N4O4S. The van der Waals surface area contributed by atoms with Crippen LogP contribution in [0.4, 0.5) is 28.5 Å². The predicted octanol–water partition coefficient (Wildman–Crippen LogP) is 4.67. The van der Waals surface area contributed by atoms with Gasteiger partial charge in [0.15, 0.2) is 16.7 Å². The number of aliphatic carboxylic acids is 1. The van der Waals surface area contributed by atoms with Gasteiger partial charge in [0, 0.05) is 30.2 Å². The lowest BCUT2D eigenvalue weighted by molar-refractivity contribution is -0.275. The number of hydrogen-bond acceptors (Lipinski definition) is 7. The first-order valence-corrected chi connectivity index (χ1v) is 10.7. The number of anilines is 2. The molecule has 8 nitrogen and oxygen atoms in total. The van der Waals surface area contributed by atoms with Crippen molar-refractivity contribution in [3.05, 3.63) is 52.2 Å². The largest absolute Gasteiger partial charge is 0.573 e. The summed E-state index contributed by atoms with van der Waals surface area (Å²) in [6.45, 7) is 0.502. The third-order valence-corrected chi connectivity index (χ3v) is 5.84. The Morgan fingerprint density at radius 2 is 2.03 bits per heavy atom. The Morgan fingerprint density at radius 1 is 1.29 bits per heavy atom. The number of carbonyl (C=O) groups is 2. The van der Waals surface area contributed by atoms with E-state index in [2.05, 4.69) is 20.0 Å². The molecule has 0 bridgehead atoms. The zero-order valence-electron chi connectivity index (χ0n) is 16.8. The molecule has 0 saturated carbocycles. The van der Waals surface area contributed by atoms with Crippen LogP contribution >= 0.6 is 22.9 Å². The molecule has 3 aromatic rings. The molecule has 1 fully saturated rings. The number of pyridine rings is 1. The Hall–Kier alpha value is -3.45. The van der Waals surface area contributed by atoms with Crippen LogP contribution in [-0.4, -0.2) is 46.4 Å². The number of carboxylic acid groups (broad SMARTS) is 1. The van der Waals surface area contributed by atoms with Crippen LogP contribution in [0, 0.1) is 11.7 Å². The van der Waals surface area contributed by atoms with E-state index < -0.39 is 35.7 Å². The van der Waals surface area contributed by atoms with E-state index >= 15 is 0 Å². The molecule has 0 aliphatic carbocycles. The van der Waals surface area contributed by atoms with E-state index in [1.165, 1.54) is 29.8 Å². The van der Waals surface area contributed by atoms with Gasteiger partial charge in [0.1, 0.15) is 5.82 Å². The number of nitrogens with one attached hydrogen (secondary N) is 1. The first-order chi connectivity index (χ1) is 16.0. The molecule has 34 heavy (non-hydrogen) atoms. The SMILES string of the molecule is O=C(Nc1nc(-c2cccc(OC(F)(F)F)c2F)cs1)c1cnc(N2CC(C(=O)O)C2)c(Cl)c1. The van der Waals surface area contributed by atoms with Crippen molar-refractivity contribution >= 4 is 45.8 Å². The number of benzene rings is 1. The number of aromatic nitrogens is 2. The Kier molecular flexibility index (Phi) is 6.32. The van der Waals surface area contributed by atoms with E-state index in [1.54, 1.807) is 4.90 Å². The number of ether oxygens (including phenoxy) is 1. The average molecular weight is 517 g/mol. The fraction of sp³-hybridized carbons (Fsp3) is 0.200. The summed E-state index contributed by atoms with van der Waals surface area (Å²) in [5, 5.41) is 13.0. The van der Waals surface area contributed by atoms with Crippen molar-refractivity contribution in [3.63, 3.8) is 0 Å². The van der Waals surface area contributed by atoms with Crippen LogP contribution in [0.3, 0.4) is 0 Å². The standard InChI is InChI=1S/C20H13ClF4N4O4S/c21-12-4-9(5-26-16(12)29-6-10(7-29)18(31)32)17(30)28-19-27-13(8-34-19)11-2-1-3-14(15(11)22)33-20(23,24)25/h1-5,8,10H,6-7H2,(H,31,32)(H,27,28,30). The van der Waals surface area contributed by atoms with E-state index in [1.807, 2.05) is 0 Å². The van der Waals surface area contributed by atoms with Crippen molar-refractivity contribution < 1.29 is 37.0 Å². The van der Waals surface area contributed by atoms with Gasteiger partial charge >= 0.3 is 12.3 Å². The maximum absolute atomic E-state index is 14.5. The number of hydrogen-bond donors (Lipinski definition) is 2. The first kappa shape index (κ1) is 23.7. The molecule has 1 aromatic carbocycles. The second kappa shape index (κ2) is 9.06. The molecule has 2 N–H and O–H groups in total. The molecule has 0 spiro atoms. The van der Waals surface area contributed by atoms with Crippen LogP contribution in [0.25, 0.3) is 11.3 Å².